The van der Waals surface area contributed by atoms with Crippen LogP contribution in [0.1, 0.15) is 48.6 Å². The van der Waals surface area contributed by atoms with Crippen molar-refractivity contribution in [2.75, 3.05) is 5.75 Å². The van der Waals surface area contributed by atoms with E-state index in [0.717, 1.165) is 11.0 Å². The number of rotatable bonds is 5. The predicted molar refractivity (Wildman–Crippen MR) is 78.5 cm³/mol. The number of nitrogens with one attached hydrogen (secondary N) is 1. The maximum Gasteiger partial charge on any atom is 0.0558 e. The Bertz CT molecular complexity index is 332. The molecule has 17 heavy (non-hydrogen) atoms. The fourth-order valence-corrected chi connectivity index (χ4v) is 4.53. The van der Waals surface area contributed by atoms with Crippen LogP contribution in [0.2, 0.25) is 0 Å². The lowest BCUT2D eigenvalue weighted by molar-refractivity contribution is 0.514. The zero-order valence-electron chi connectivity index (χ0n) is 10.4. The van der Waals surface area contributed by atoms with Gasteiger partial charge in [0.15, 0.2) is 0 Å². The molecule has 0 aliphatic heterocycles. The Kier molecular flexibility index (Phi) is 5.35. The average Bonchev–Trinajstić information content (AvgIpc) is 2.78. The molecule has 1 unspecified atom stereocenters. The topological polar surface area (TPSA) is 38.0 Å². The van der Waals surface area contributed by atoms with Crippen molar-refractivity contribution in [1.29, 1.82) is 0 Å². The summed E-state index contributed by atoms with van der Waals surface area (Å²) in [5.41, 5.74) is 4.30. The van der Waals surface area contributed by atoms with Crippen LogP contribution in [-0.4, -0.2) is 11.0 Å². The number of thiophene rings is 1. The highest BCUT2D eigenvalue weighted by Crippen LogP contribution is 2.31. The van der Waals surface area contributed by atoms with E-state index in [9.17, 15) is 0 Å². The van der Waals surface area contributed by atoms with Gasteiger partial charge in [-0.3, -0.25) is 11.3 Å². The molecule has 2 rings (SSSR count). The number of nitrogens with two attached hydrogens (primary N) is 1. The van der Waals surface area contributed by atoms with Gasteiger partial charge < -0.3 is 0 Å². The van der Waals surface area contributed by atoms with Crippen molar-refractivity contribution >= 4 is 23.1 Å². The van der Waals surface area contributed by atoms with Crippen molar-refractivity contribution in [3.05, 3.63) is 21.9 Å². The van der Waals surface area contributed by atoms with E-state index in [1.165, 1.54) is 42.5 Å². The number of hydrogen-bond donors (Lipinski definition) is 2. The van der Waals surface area contributed by atoms with E-state index < -0.39 is 0 Å². The Balaban J connectivity index is 1.82. The molecule has 1 aromatic heterocycles. The summed E-state index contributed by atoms with van der Waals surface area (Å²) in [5, 5.41) is 3.08. The first-order valence-electron chi connectivity index (χ1n) is 6.42. The SMILES string of the molecule is Cc1cc(C(CSC2CCCCC2)NN)cs1. The van der Waals surface area contributed by atoms with Crippen LogP contribution in [-0.2, 0) is 0 Å². The van der Waals surface area contributed by atoms with Crippen molar-refractivity contribution in [3.63, 3.8) is 0 Å². The number of aryl methyl sites for hydroxylation is 1. The van der Waals surface area contributed by atoms with Crippen LogP contribution in [0.15, 0.2) is 11.4 Å². The highest BCUT2D eigenvalue weighted by Gasteiger charge is 2.17. The average molecular weight is 270 g/mol. The molecule has 2 nitrogen and oxygen atoms in total. The van der Waals surface area contributed by atoms with Crippen molar-refractivity contribution in [2.24, 2.45) is 5.84 Å². The van der Waals surface area contributed by atoms with Gasteiger partial charge in [0.2, 0.25) is 0 Å². The number of hydrazine groups is 1. The standard InChI is InChI=1S/C13H22N2S2/c1-10-7-11(8-16-10)13(15-14)9-17-12-5-3-2-4-6-12/h7-8,12-13,15H,2-6,9,14H2,1H3. The summed E-state index contributed by atoms with van der Waals surface area (Å²) in [4.78, 5) is 1.36. The minimum atomic E-state index is 0.312. The van der Waals surface area contributed by atoms with Crippen LogP contribution in [0.3, 0.4) is 0 Å². The van der Waals surface area contributed by atoms with Gasteiger partial charge in [-0.15, -0.1) is 11.3 Å². The Hall–Kier alpha value is -0.0300. The molecule has 0 saturated heterocycles. The molecule has 1 heterocycles. The second kappa shape index (κ2) is 6.78. The minimum absolute atomic E-state index is 0.312. The van der Waals surface area contributed by atoms with Gasteiger partial charge in [0, 0.05) is 15.9 Å². The van der Waals surface area contributed by atoms with E-state index >= 15 is 0 Å². The third kappa shape index (κ3) is 3.98. The molecule has 1 aliphatic carbocycles. The summed E-state index contributed by atoms with van der Waals surface area (Å²) in [6.45, 7) is 2.15. The van der Waals surface area contributed by atoms with Crippen LogP contribution < -0.4 is 11.3 Å². The molecule has 4 heteroatoms. The third-order valence-electron chi connectivity index (χ3n) is 3.41. The second-order valence-electron chi connectivity index (χ2n) is 4.80. The van der Waals surface area contributed by atoms with Crippen LogP contribution in [0.4, 0.5) is 0 Å². The fraction of sp³-hybridized carbons (Fsp3) is 0.692. The number of hydrogen-bond acceptors (Lipinski definition) is 4. The quantitative estimate of drug-likeness (QED) is 0.634. The minimum Gasteiger partial charge on any atom is -0.271 e. The van der Waals surface area contributed by atoms with Crippen LogP contribution in [0.25, 0.3) is 0 Å². The van der Waals surface area contributed by atoms with Gasteiger partial charge in [-0.25, -0.2) is 0 Å². The molecule has 0 bridgehead atoms. The molecule has 3 N–H and O–H groups in total. The normalized spacial score (nSPS) is 19.4. The van der Waals surface area contributed by atoms with Gasteiger partial charge in [-0.2, -0.15) is 11.8 Å². The molecular formula is C13H22N2S2. The van der Waals surface area contributed by atoms with Gasteiger partial charge in [0.1, 0.15) is 0 Å². The van der Waals surface area contributed by atoms with Crippen LogP contribution in [0, 0.1) is 6.92 Å². The highest BCUT2D eigenvalue weighted by molar-refractivity contribution is 7.99. The van der Waals surface area contributed by atoms with E-state index in [2.05, 4.69) is 35.6 Å². The first-order valence-corrected chi connectivity index (χ1v) is 8.35. The van der Waals surface area contributed by atoms with E-state index in [-0.39, 0.29) is 0 Å². The maximum atomic E-state index is 5.67. The fourth-order valence-electron chi connectivity index (χ4n) is 2.35. The zero-order chi connectivity index (χ0) is 12.1. The summed E-state index contributed by atoms with van der Waals surface area (Å²) >= 11 is 3.90. The first kappa shape index (κ1) is 13.4. The molecule has 0 spiro atoms. The van der Waals surface area contributed by atoms with E-state index in [0.29, 0.717) is 6.04 Å². The number of thioether (sulfide) groups is 1. The molecular weight excluding hydrogens is 248 g/mol. The van der Waals surface area contributed by atoms with E-state index in [1.54, 1.807) is 11.3 Å². The summed E-state index contributed by atoms with van der Waals surface area (Å²) in [6.07, 6.45) is 7.04. The molecule has 1 fully saturated rings. The third-order valence-corrected chi connectivity index (χ3v) is 5.75. The zero-order valence-corrected chi connectivity index (χ0v) is 12.1. The molecule has 1 aromatic rings. The lowest BCUT2D eigenvalue weighted by atomic mass is 10.0. The summed E-state index contributed by atoms with van der Waals surface area (Å²) < 4.78 is 0. The van der Waals surface area contributed by atoms with Crippen molar-refractivity contribution in [3.8, 4) is 0 Å². The molecule has 0 amide bonds. The Morgan fingerprint density at radius 3 is 2.82 bits per heavy atom. The maximum absolute atomic E-state index is 5.67. The Morgan fingerprint density at radius 1 is 1.47 bits per heavy atom. The van der Waals surface area contributed by atoms with Gasteiger partial charge in [0.05, 0.1) is 6.04 Å². The van der Waals surface area contributed by atoms with E-state index in [1.807, 2.05) is 0 Å². The Labute approximate surface area is 112 Å². The summed E-state index contributed by atoms with van der Waals surface area (Å²) in [5.74, 6) is 6.77. The predicted octanol–water partition coefficient (Wildman–Crippen LogP) is 3.63. The monoisotopic (exact) mass is 270 g/mol. The van der Waals surface area contributed by atoms with Crippen LogP contribution >= 0.6 is 23.1 Å². The van der Waals surface area contributed by atoms with Crippen molar-refractivity contribution in [1.82, 2.24) is 5.43 Å². The largest absolute Gasteiger partial charge is 0.271 e. The smallest absolute Gasteiger partial charge is 0.0558 e. The lowest BCUT2D eigenvalue weighted by Crippen LogP contribution is -2.30. The van der Waals surface area contributed by atoms with Gasteiger partial charge >= 0.3 is 0 Å². The van der Waals surface area contributed by atoms with E-state index in [4.69, 9.17) is 5.84 Å². The molecule has 1 atom stereocenters. The van der Waals surface area contributed by atoms with Gasteiger partial charge in [-0.1, -0.05) is 19.3 Å². The Morgan fingerprint density at radius 2 is 2.24 bits per heavy atom. The molecule has 1 aliphatic rings. The molecule has 0 radical (unpaired) electrons. The highest BCUT2D eigenvalue weighted by atomic mass is 32.2. The summed E-state index contributed by atoms with van der Waals surface area (Å²) in [6, 6.07) is 2.56. The second-order valence-corrected chi connectivity index (χ2v) is 7.25. The molecule has 96 valence electrons. The van der Waals surface area contributed by atoms with Crippen LogP contribution in [0.5, 0.6) is 0 Å². The molecule has 0 aromatic carbocycles. The van der Waals surface area contributed by atoms with Gasteiger partial charge in [-0.05, 0) is 36.8 Å². The molecule has 1 saturated carbocycles. The van der Waals surface area contributed by atoms with Gasteiger partial charge in [0.25, 0.3) is 0 Å². The van der Waals surface area contributed by atoms with Crippen molar-refractivity contribution in [2.45, 2.75) is 50.3 Å². The lowest BCUT2D eigenvalue weighted by Gasteiger charge is -2.23. The van der Waals surface area contributed by atoms with Crippen molar-refractivity contribution < 1.29 is 0 Å². The summed E-state index contributed by atoms with van der Waals surface area (Å²) in [7, 11) is 0. The first-order chi connectivity index (χ1) is 8.29.